The summed E-state index contributed by atoms with van der Waals surface area (Å²) in [7, 11) is 0. The van der Waals surface area contributed by atoms with Crippen LogP contribution in [0.1, 0.15) is 18.9 Å². The second-order valence-electron chi connectivity index (χ2n) is 5.88. The van der Waals surface area contributed by atoms with Crippen LogP contribution in [0.2, 0.25) is 10.0 Å². The Kier molecular flexibility index (Phi) is 12.9. The first kappa shape index (κ1) is 26.8. The van der Waals surface area contributed by atoms with Crippen LogP contribution in [0.15, 0.2) is 42.5 Å². The van der Waals surface area contributed by atoms with E-state index in [0.29, 0.717) is 27.0 Å². The van der Waals surface area contributed by atoms with E-state index < -0.39 is 18.0 Å². The number of anilines is 2. The van der Waals surface area contributed by atoms with Gasteiger partial charge in [0.1, 0.15) is 0 Å². The van der Waals surface area contributed by atoms with Gasteiger partial charge in [0, 0.05) is 5.69 Å². The van der Waals surface area contributed by atoms with Crippen molar-refractivity contribution in [1.29, 1.82) is 0 Å². The molecular weight excluding hydrogens is 536 g/mol. The Morgan fingerprint density at radius 1 is 1.07 bits per heavy atom. The molecule has 0 heterocycles. The average molecular weight is 557 g/mol. The summed E-state index contributed by atoms with van der Waals surface area (Å²) in [5.41, 5.74) is 9.33. The van der Waals surface area contributed by atoms with Crippen LogP contribution in [0.3, 0.4) is 0 Å². The first-order valence-electron chi connectivity index (χ1n) is 8.73. The largest absolute Gasteiger partial charge is 1.00 e. The van der Waals surface area contributed by atoms with E-state index in [0.717, 1.165) is 0 Å². The number of nitrogens with one attached hydrogen (secondary N) is 2. The van der Waals surface area contributed by atoms with Crippen molar-refractivity contribution in [3.63, 3.8) is 0 Å². The fourth-order valence-corrected chi connectivity index (χ4v) is 2.98. The Labute approximate surface area is 239 Å². The number of carbonyl (C=O) groups is 2. The number of rotatable bonds is 9. The summed E-state index contributed by atoms with van der Waals surface area (Å²) in [4.78, 5) is 23.9. The molecule has 0 aromatic heterocycles. The topological polar surface area (TPSA) is 88.4 Å². The molecule has 0 radical (unpaired) electrons. The predicted molar refractivity (Wildman–Crippen MR) is 110 cm³/mol. The Morgan fingerprint density at radius 3 is 2.34 bits per heavy atom. The van der Waals surface area contributed by atoms with Crippen LogP contribution in [-0.4, -0.2) is 31.2 Å². The molecule has 0 fully saturated rings. The Bertz CT molecular complexity index is 816. The fraction of sp³-hybridized carbons (Fsp3) is 0.300. The van der Waals surface area contributed by atoms with Gasteiger partial charge in [0.15, 0.2) is 0 Å². The molecule has 2 N–H and O–H groups in total. The molecule has 0 aliphatic carbocycles. The van der Waals surface area contributed by atoms with E-state index in [1.807, 2.05) is 6.07 Å². The maximum atomic E-state index is 12.3. The summed E-state index contributed by atoms with van der Waals surface area (Å²) in [6, 6.07) is 12.3. The van der Waals surface area contributed by atoms with Crippen LogP contribution in [0.4, 0.5) is 11.4 Å². The quantitative estimate of drug-likeness (QED) is 0.478. The van der Waals surface area contributed by atoms with Crippen molar-refractivity contribution in [2.24, 2.45) is 0 Å². The van der Waals surface area contributed by atoms with E-state index >= 15 is 0 Å². The van der Waals surface area contributed by atoms with Crippen molar-refractivity contribution >= 4 is 46.5 Å². The molecule has 150 valence electrons. The van der Waals surface area contributed by atoms with Crippen molar-refractivity contribution in [2.75, 3.05) is 18.5 Å². The Balaban J connectivity index is 0.00000420. The summed E-state index contributed by atoms with van der Waals surface area (Å²) in [6.07, 6.45) is -1.02. The minimum atomic E-state index is -0.843. The molecule has 29 heavy (non-hydrogen) atoms. The molecule has 1 atom stereocenters. The molecule has 0 amide bonds. The third-order valence-corrected chi connectivity index (χ3v) is 4.43. The molecular formula is C20H21Cl2CsN2O4. The molecule has 0 spiro atoms. The maximum Gasteiger partial charge on any atom is 1.00 e. The molecule has 0 saturated carbocycles. The predicted octanol–water partition coefficient (Wildman–Crippen LogP) is 2.20. The van der Waals surface area contributed by atoms with E-state index in [-0.39, 0.29) is 94.9 Å². The Morgan fingerprint density at radius 2 is 1.72 bits per heavy atom. The van der Waals surface area contributed by atoms with Gasteiger partial charge in [-0.3, -0.25) is 9.59 Å². The van der Waals surface area contributed by atoms with Gasteiger partial charge in [-0.1, -0.05) is 47.5 Å². The first-order valence-corrected chi connectivity index (χ1v) is 9.48. The van der Waals surface area contributed by atoms with Crippen molar-refractivity contribution < 1.29 is 88.0 Å². The summed E-state index contributed by atoms with van der Waals surface area (Å²) in [6.45, 7) is 1.70. The number of hydrogen-bond donors (Lipinski definition) is 1. The zero-order chi connectivity index (χ0) is 20.5. The van der Waals surface area contributed by atoms with Gasteiger partial charge in [-0.2, -0.15) is 0 Å². The van der Waals surface area contributed by atoms with Crippen molar-refractivity contribution in [3.8, 4) is 0 Å². The zero-order valence-electron chi connectivity index (χ0n) is 16.3. The third-order valence-electron chi connectivity index (χ3n) is 3.80. The summed E-state index contributed by atoms with van der Waals surface area (Å²) in [5, 5.41) is 4.05. The monoisotopic (exact) mass is 556 g/mol. The van der Waals surface area contributed by atoms with Gasteiger partial charge in [-0.25, -0.2) is 0 Å². The number of benzene rings is 2. The zero-order valence-corrected chi connectivity index (χ0v) is 24.1. The minimum Gasteiger partial charge on any atom is -0.674 e. The number of hydrogen-bond acceptors (Lipinski definition) is 5. The summed E-state index contributed by atoms with van der Waals surface area (Å²) >= 11 is 12.4. The molecule has 2 aromatic rings. The molecule has 6 nitrogen and oxygen atoms in total. The molecule has 0 saturated heterocycles. The number of ether oxygens (including phenoxy) is 2. The van der Waals surface area contributed by atoms with Crippen LogP contribution in [0, 0.1) is 0 Å². The summed E-state index contributed by atoms with van der Waals surface area (Å²) < 4.78 is 10.1. The van der Waals surface area contributed by atoms with E-state index in [2.05, 4.69) is 5.32 Å². The Hall–Kier alpha value is -0.228. The number of halogens is 2. The number of para-hydroxylation sites is 2. The normalized spacial score (nSPS) is 11.2. The second kappa shape index (κ2) is 14.0. The SMILES string of the molecule is CCOC(=O)CC(C[NH-])OC(=O)Cc1ccccc1Nc1c(Cl)cccc1Cl.[Cs+]. The molecule has 0 aliphatic heterocycles. The van der Waals surface area contributed by atoms with Crippen LogP contribution in [0.5, 0.6) is 0 Å². The second-order valence-corrected chi connectivity index (χ2v) is 6.70. The van der Waals surface area contributed by atoms with Gasteiger partial charge in [0.2, 0.25) is 0 Å². The standard InChI is InChI=1S/C20H21Cl2N2O4.Cs/c1-2-27-18(25)11-14(12-23)28-19(26)10-13-6-3-4-9-17(13)24-20-15(21)7-5-8-16(20)22;/h3-9,14,23-24H,2,10-12H2,1H3;/q-1;+1. The van der Waals surface area contributed by atoms with Gasteiger partial charge < -0.3 is 20.5 Å². The first-order chi connectivity index (χ1) is 13.4. The molecule has 0 aliphatic rings. The van der Waals surface area contributed by atoms with E-state index in [4.69, 9.17) is 38.4 Å². The average Bonchev–Trinajstić information content (AvgIpc) is 2.65. The molecule has 2 aromatic carbocycles. The van der Waals surface area contributed by atoms with E-state index in [1.54, 1.807) is 43.3 Å². The van der Waals surface area contributed by atoms with Crippen LogP contribution in [-0.2, 0) is 25.5 Å². The van der Waals surface area contributed by atoms with Gasteiger partial charge in [-0.05, 0) is 30.7 Å². The molecule has 2 rings (SSSR count). The van der Waals surface area contributed by atoms with Gasteiger partial charge in [-0.15, -0.1) is 6.54 Å². The fourth-order valence-electron chi connectivity index (χ4n) is 2.49. The number of carbonyl (C=O) groups excluding carboxylic acids is 2. The molecule has 0 bridgehead atoms. The van der Waals surface area contributed by atoms with Gasteiger partial charge >= 0.3 is 80.8 Å². The summed E-state index contributed by atoms with van der Waals surface area (Å²) in [5.74, 6) is -1.04. The van der Waals surface area contributed by atoms with E-state index in [9.17, 15) is 9.59 Å². The molecule has 9 heteroatoms. The van der Waals surface area contributed by atoms with Crippen LogP contribution in [0.25, 0.3) is 5.73 Å². The van der Waals surface area contributed by atoms with Crippen LogP contribution < -0.4 is 74.2 Å². The smallest absolute Gasteiger partial charge is 0.674 e. The maximum absolute atomic E-state index is 12.3. The minimum absolute atomic E-state index is 0. The van der Waals surface area contributed by atoms with Crippen molar-refractivity contribution in [2.45, 2.75) is 25.9 Å². The van der Waals surface area contributed by atoms with Gasteiger partial charge in [0.05, 0.1) is 41.3 Å². The number of esters is 2. The third kappa shape index (κ3) is 8.80. The van der Waals surface area contributed by atoms with E-state index in [1.165, 1.54) is 0 Å². The van der Waals surface area contributed by atoms with Crippen molar-refractivity contribution in [3.05, 3.63) is 63.8 Å². The molecule has 1 unspecified atom stereocenters. The van der Waals surface area contributed by atoms with Crippen LogP contribution >= 0.6 is 23.2 Å². The van der Waals surface area contributed by atoms with Gasteiger partial charge in [0.25, 0.3) is 0 Å². The van der Waals surface area contributed by atoms with Crippen molar-refractivity contribution in [1.82, 2.24) is 0 Å².